The van der Waals surface area contributed by atoms with Crippen LogP contribution in [0.3, 0.4) is 0 Å². The molecule has 3 aromatic rings. The molecule has 2 N–H and O–H groups in total. The van der Waals surface area contributed by atoms with Crippen LogP contribution in [-0.4, -0.2) is 31.6 Å². The van der Waals surface area contributed by atoms with Crippen LogP contribution in [0.1, 0.15) is 12.0 Å². The summed E-state index contributed by atoms with van der Waals surface area (Å²) in [5, 5.41) is 3.75. The summed E-state index contributed by atoms with van der Waals surface area (Å²) in [6, 6.07) is 9.81. The van der Waals surface area contributed by atoms with Gasteiger partial charge in [0.1, 0.15) is 10.5 Å². The largest absolute Gasteiger partial charge is 0.352 e. The van der Waals surface area contributed by atoms with E-state index in [1.54, 1.807) is 6.33 Å². The first-order valence-corrected chi connectivity index (χ1v) is 8.39. The van der Waals surface area contributed by atoms with E-state index in [1.807, 2.05) is 30.3 Å². The third-order valence-electron chi connectivity index (χ3n) is 3.13. The lowest BCUT2D eigenvalue weighted by atomic mass is 10.2. The number of aromatic amines is 1. The van der Waals surface area contributed by atoms with Crippen LogP contribution in [0.2, 0.25) is 5.28 Å². The van der Waals surface area contributed by atoms with Gasteiger partial charge in [-0.2, -0.15) is 4.98 Å². The van der Waals surface area contributed by atoms with Crippen molar-refractivity contribution in [3.63, 3.8) is 0 Å². The van der Waals surface area contributed by atoms with Gasteiger partial charge in [-0.25, -0.2) is 9.97 Å². The van der Waals surface area contributed by atoms with Crippen molar-refractivity contribution in [2.24, 2.45) is 0 Å². The fourth-order valence-corrected chi connectivity index (χ4v) is 3.15. The summed E-state index contributed by atoms with van der Waals surface area (Å²) >= 11 is 7.32. The van der Waals surface area contributed by atoms with Crippen molar-refractivity contribution in [3.8, 4) is 0 Å². The number of H-pyrrole nitrogens is 1. The molecule has 23 heavy (non-hydrogen) atoms. The molecule has 0 bridgehead atoms. The average Bonchev–Trinajstić information content (AvgIpc) is 3.02. The second-order valence-electron chi connectivity index (χ2n) is 4.76. The highest BCUT2D eigenvalue weighted by Crippen LogP contribution is 2.24. The SMILES string of the molecule is O=C(CCSc1nc(Cl)nc2nc[nH]c12)NCc1ccccc1. The molecular formula is C15H14ClN5OS. The minimum Gasteiger partial charge on any atom is -0.352 e. The van der Waals surface area contributed by atoms with Gasteiger partial charge in [-0.1, -0.05) is 30.3 Å². The van der Waals surface area contributed by atoms with Gasteiger partial charge in [0.2, 0.25) is 11.2 Å². The number of imidazole rings is 1. The molecule has 2 aromatic heterocycles. The Morgan fingerprint density at radius 1 is 1.26 bits per heavy atom. The standard InChI is InChI=1S/C15H14ClN5OS/c16-15-20-13-12(18-9-19-13)14(21-15)23-7-6-11(22)17-8-10-4-2-1-3-5-10/h1-5,9H,6-8H2,(H,17,22)(H,18,19,20,21). The molecular weight excluding hydrogens is 334 g/mol. The van der Waals surface area contributed by atoms with Crippen LogP contribution >= 0.6 is 23.4 Å². The number of thioether (sulfide) groups is 1. The first-order valence-electron chi connectivity index (χ1n) is 7.02. The van der Waals surface area contributed by atoms with Gasteiger partial charge in [-0.3, -0.25) is 4.79 Å². The number of nitrogens with one attached hydrogen (secondary N) is 2. The van der Waals surface area contributed by atoms with Gasteiger partial charge >= 0.3 is 0 Å². The van der Waals surface area contributed by atoms with E-state index in [0.29, 0.717) is 29.4 Å². The van der Waals surface area contributed by atoms with Gasteiger partial charge in [0, 0.05) is 18.7 Å². The summed E-state index contributed by atoms with van der Waals surface area (Å²) in [6.07, 6.45) is 1.95. The lowest BCUT2D eigenvalue weighted by molar-refractivity contribution is -0.120. The highest BCUT2D eigenvalue weighted by Gasteiger charge is 2.10. The molecule has 6 nitrogen and oxygen atoms in total. The molecule has 0 radical (unpaired) electrons. The third-order valence-corrected chi connectivity index (χ3v) is 4.27. The van der Waals surface area contributed by atoms with Crippen molar-refractivity contribution in [1.82, 2.24) is 25.3 Å². The Labute approximate surface area is 142 Å². The van der Waals surface area contributed by atoms with E-state index in [4.69, 9.17) is 11.6 Å². The molecule has 0 aliphatic heterocycles. The fourth-order valence-electron chi connectivity index (χ4n) is 2.01. The quantitative estimate of drug-likeness (QED) is 0.407. The molecule has 0 spiro atoms. The predicted molar refractivity (Wildman–Crippen MR) is 90.3 cm³/mol. The monoisotopic (exact) mass is 347 g/mol. The van der Waals surface area contributed by atoms with Gasteiger partial charge in [0.25, 0.3) is 0 Å². The topological polar surface area (TPSA) is 83.6 Å². The number of benzene rings is 1. The lowest BCUT2D eigenvalue weighted by Crippen LogP contribution is -2.22. The second kappa shape index (κ2) is 7.43. The Balaban J connectivity index is 1.50. The molecule has 3 rings (SSSR count). The number of halogens is 1. The van der Waals surface area contributed by atoms with Crippen molar-refractivity contribution in [2.45, 2.75) is 18.0 Å². The van der Waals surface area contributed by atoms with E-state index in [2.05, 4.69) is 25.3 Å². The summed E-state index contributed by atoms with van der Waals surface area (Å²) in [5.74, 6) is 0.601. The van der Waals surface area contributed by atoms with Crippen LogP contribution in [0.15, 0.2) is 41.7 Å². The smallest absolute Gasteiger partial charge is 0.225 e. The summed E-state index contributed by atoms with van der Waals surface area (Å²) < 4.78 is 0. The van der Waals surface area contributed by atoms with Crippen LogP contribution in [-0.2, 0) is 11.3 Å². The summed E-state index contributed by atoms with van der Waals surface area (Å²) in [4.78, 5) is 27.1. The number of fused-ring (bicyclic) bond motifs is 1. The Bertz CT molecular complexity index is 808. The van der Waals surface area contributed by atoms with Crippen molar-refractivity contribution in [1.29, 1.82) is 0 Å². The van der Waals surface area contributed by atoms with E-state index in [-0.39, 0.29) is 11.2 Å². The first kappa shape index (κ1) is 15.8. The molecule has 0 aliphatic rings. The Morgan fingerprint density at radius 2 is 2.09 bits per heavy atom. The molecule has 0 atom stereocenters. The minimum absolute atomic E-state index is 0.00219. The van der Waals surface area contributed by atoms with Gasteiger partial charge in [-0.05, 0) is 17.2 Å². The molecule has 0 aliphatic carbocycles. The summed E-state index contributed by atoms with van der Waals surface area (Å²) in [5.41, 5.74) is 2.35. The van der Waals surface area contributed by atoms with Crippen molar-refractivity contribution in [2.75, 3.05) is 5.75 Å². The Hall–Kier alpha value is -2.12. The van der Waals surface area contributed by atoms with E-state index >= 15 is 0 Å². The molecule has 0 unspecified atom stereocenters. The Morgan fingerprint density at radius 3 is 2.91 bits per heavy atom. The molecule has 8 heteroatoms. The molecule has 118 valence electrons. The van der Waals surface area contributed by atoms with E-state index < -0.39 is 0 Å². The highest BCUT2D eigenvalue weighted by molar-refractivity contribution is 7.99. The number of nitrogens with zero attached hydrogens (tertiary/aromatic N) is 3. The van der Waals surface area contributed by atoms with Gasteiger partial charge < -0.3 is 10.3 Å². The molecule has 0 fully saturated rings. The van der Waals surface area contributed by atoms with Crippen molar-refractivity contribution >= 4 is 40.4 Å². The normalized spacial score (nSPS) is 10.8. The predicted octanol–water partition coefficient (Wildman–Crippen LogP) is 2.80. The van der Waals surface area contributed by atoms with Crippen LogP contribution < -0.4 is 5.32 Å². The van der Waals surface area contributed by atoms with Gasteiger partial charge in [0.05, 0.1) is 6.33 Å². The van der Waals surface area contributed by atoms with E-state index in [9.17, 15) is 4.79 Å². The number of carbonyl (C=O) groups is 1. The van der Waals surface area contributed by atoms with Crippen LogP contribution in [0, 0.1) is 0 Å². The van der Waals surface area contributed by atoms with Crippen molar-refractivity contribution < 1.29 is 4.79 Å². The number of hydrogen-bond donors (Lipinski definition) is 2. The number of aromatic nitrogens is 4. The summed E-state index contributed by atoms with van der Waals surface area (Å²) in [7, 11) is 0. The number of amides is 1. The number of carbonyl (C=O) groups excluding carboxylic acids is 1. The van der Waals surface area contributed by atoms with Crippen LogP contribution in [0.5, 0.6) is 0 Å². The van der Waals surface area contributed by atoms with E-state index in [0.717, 1.165) is 11.1 Å². The zero-order valence-corrected chi connectivity index (χ0v) is 13.7. The lowest BCUT2D eigenvalue weighted by Gasteiger charge is -2.05. The number of rotatable bonds is 6. The third kappa shape index (κ3) is 4.20. The van der Waals surface area contributed by atoms with Gasteiger partial charge in [0.15, 0.2) is 5.65 Å². The maximum Gasteiger partial charge on any atom is 0.225 e. The maximum atomic E-state index is 11.9. The molecule has 0 saturated heterocycles. The molecule has 0 saturated carbocycles. The zero-order valence-electron chi connectivity index (χ0n) is 12.1. The number of hydrogen-bond acceptors (Lipinski definition) is 5. The first-order chi connectivity index (χ1) is 11.2. The maximum absolute atomic E-state index is 11.9. The fraction of sp³-hybridized carbons (Fsp3) is 0.200. The Kier molecular flexibility index (Phi) is 5.09. The molecule has 1 aromatic carbocycles. The molecule has 1 amide bonds. The van der Waals surface area contributed by atoms with Crippen LogP contribution in [0.4, 0.5) is 0 Å². The van der Waals surface area contributed by atoms with Crippen molar-refractivity contribution in [3.05, 3.63) is 47.5 Å². The van der Waals surface area contributed by atoms with Crippen LogP contribution in [0.25, 0.3) is 11.2 Å². The zero-order chi connectivity index (χ0) is 16.1. The summed E-state index contributed by atoms with van der Waals surface area (Å²) in [6.45, 7) is 0.536. The highest BCUT2D eigenvalue weighted by atomic mass is 35.5. The second-order valence-corrected chi connectivity index (χ2v) is 6.18. The molecule has 2 heterocycles. The van der Waals surface area contributed by atoms with E-state index in [1.165, 1.54) is 11.8 Å². The minimum atomic E-state index is 0.00219. The average molecular weight is 348 g/mol. The van der Waals surface area contributed by atoms with Gasteiger partial charge in [-0.15, -0.1) is 11.8 Å².